The van der Waals surface area contributed by atoms with Crippen molar-refractivity contribution in [2.24, 2.45) is 0 Å². The predicted octanol–water partition coefficient (Wildman–Crippen LogP) is 1.11. The van der Waals surface area contributed by atoms with Crippen LogP contribution in [0.3, 0.4) is 0 Å². The van der Waals surface area contributed by atoms with Crippen LogP contribution in [0.1, 0.15) is 25.7 Å². The number of allylic oxidation sites excluding steroid dienone is 2. The van der Waals surface area contributed by atoms with Crippen LogP contribution in [0, 0.1) is 0 Å². The van der Waals surface area contributed by atoms with Crippen molar-refractivity contribution in [3.05, 3.63) is 25.3 Å². The van der Waals surface area contributed by atoms with Crippen LogP contribution in [0.2, 0.25) is 0 Å². The molecule has 0 saturated carbocycles. The Balaban J connectivity index is 3.43. The third kappa shape index (κ3) is 8.74. The summed E-state index contributed by atoms with van der Waals surface area (Å²) in [7, 11) is 0. The van der Waals surface area contributed by atoms with Gasteiger partial charge in [-0.15, -0.1) is 13.2 Å². The lowest BCUT2D eigenvalue weighted by atomic mass is 10.3. The molecule has 0 heterocycles. The zero-order valence-electron chi connectivity index (χ0n) is 8.92. The zero-order valence-corrected chi connectivity index (χ0v) is 8.92. The van der Waals surface area contributed by atoms with Crippen LogP contribution in [0.25, 0.3) is 0 Å². The van der Waals surface area contributed by atoms with E-state index in [1.165, 1.54) is 0 Å². The Hall–Kier alpha value is -1.58. The first-order valence-electron chi connectivity index (χ1n) is 4.96. The molecular formula is C11H18N2O2. The van der Waals surface area contributed by atoms with Gasteiger partial charge in [-0.25, -0.2) is 0 Å². The topological polar surface area (TPSA) is 58.2 Å². The van der Waals surface area contributed by atoms with Gasteiger partial charge in [0, 0.05) is 12.8 Å². The van der Waals surface area contributed by atoms with Gasteiger partial charge in [0.15, 0.2) is 0 Å². The van der Waals surface area contributed by atoms with E-state index in [1.807, 2.05) is 0 Å². The van der Waals surface area contributed by atoms with Crippen molar-refractivity contribution >= 4 is 11.8 Å². The monoisotopic (exact) mass is 210 g/mol. The summed E-state index contributed by atoms with van der Waals surface area (Å²) in [6.07, 6.45) is 5.48. The highest BCUT2D eigenvalue weighted by Gasteiger charge is 2.00. The molecule has 0 bridgehead atoms. The Morgan fingerprint density at radius 1 is 0.933 bits per heavy atom. The fourth-order valence-corrected chi connectivity index (χ4v) is 0.884. The van der Waals surface area contributed by atoms with Crippen LogP contribution in [0.4, 0.5) is 0 Å². The van der Waals surface area contributed by atoms with Crippen molar-refractivity contribution in [2.75, 3.05) is 6.67 Å². The number of rotatable bonds is 8. The largest absolute Gasteiger partial charge is 0.339 e. The molecule has 15 heavy (non-hydrogen) atoms. The van der Waals surface area contributed by atoms with Gasteiger partial charge < -0.3 is 10.6 Å². The summed E-state index contributed by atoms with van der Waals surface area (Å²) < 4.78 is 0. The molecule has 0 atom stereocenters. The molecule has 0 aromatic heterocycles. The minimum absolute atomic E-state index is 0.0843. The lowest BCUT2D eigenvalue weighted by Gasteiger charge is -2.05. The van der Waals surface area contributed by atoms with Crippen LogP contribution < -0.4 is 10.6 Å². The molecule has 4 heteroatoms. The van der Waals surface area contributed by atoms with Crippen LogP contribution >= 0.6 is 0 Å². The average molecular weight is 210 g/mol. The van der Waals surface area contributed by atoms with E-state index in [9.17, 15) is 9.59 Å². The third-order valence-corrected chi connectivity index (χ3v) is 1.72. The molecular weight excluding hydrogens is 192 g/mol. The van der Waals surface area contributed by atoms with Crippen LogP contribution in [0.5, 0.6) is 0 Å². The third-order valence-electron chi connectivity index (χ3n) is 1.72. The van der Waals surface area contributed by atoms with Crippen molar-refractivity contribution in [2.45, 2.75) is 25.7 Å². The minimum Gasteiger partial charge on any atom is -0.339 e. The summed E-state index contributed by atoms with van der Waals surface area (Å²) >= 11 is 0. The van der Waals surface area contributed by atoms with Crippen molar-refractivity contribution in [1.29, 1.82) is 0 Å². The summed E-state index contributed by atoms with van der Waals surface area (Å²) in [5.74, 6) is -0.169. The average Bonchev–Trinajstić information content (AvgIpc) is 2.23. The Morgan fingerprint density at radius 2 is 1.33 bits per heavy atom. The first kappa shape index (κ1) is 13.4. The van der Waals surface area contributed by atoms with Crippen molar-refractivity contribution < 1.29 is 9.59 Å². The minimum atomic E-state index is -0.0843. The van der Waals surface area contributed by atoms with Gasteiger partial charge in [-0.3, -0.25) is 9.59 Å². The number of hydrogen-bond acceptors (Lipinski definition) is 2. The van der Waals surface area contributed by atoms with Gasteiger partial charge in [-0.2, -0.15) is 0 Å². The highest BCUT2D eigenvalue weighted by Crippen LogP contribution is 1.89. The summed E-state index contributed by atoms with van der Waals surface area (Å²) in [6.45, 7) is 7.22. The highest BCUT2D eigenvalue weighted by molar-refractivity contribution is 5.78. The molecule has 2 N–H and O–H groups in total. The summed E-state index contributed by atoms with van der Waals surface area (Å²) in [4.78, 5) is 22.1. The van der Waals surface area contributed by atoms with Crippen LogP contribution in [-0.2, 0) is 9.59 Å². The SMILES string of the molecule is C=CCCC(=O)NCNC(=O)CCC=C. The molecule has 0 aromatic carbocycles. The quantitative estimate of drug-likeness (QED) is 0.465. The van der Waals surface area contributed by atoms with Crippen molar-refractivity contribution in [3.63, 3.8) is 0 Å². The number of amides is 2. The predicted molar refractivity (Wildman–Crippen MR) is 60.0 cm³/mol. The maximum absolute atomic E-state index is 11.1. The summed E-state index contributed by atoms with van der Waals surface area (Å²) in [5, 5.41) is 5.16. The zero-order chi connectivity index (χ0) is 11.5. The summed E-state index contributed by atoms with van der Waals surface area (Å²) in [5.41, 5.74) is 0. The molecule has 0 rings (SSSR count). The Labute approximate surface area is 90.4 Å². The van der Waals surface area contributed by atoms with Gasteiger partial charge in [-0.05, 0) is 12.8 Å². The first-order valence-corrected chi connectivity index (χ1v) is 4.96. The molecule has 0 aliphatic rings. The molecule has 0 saturated heterocycles. The van der Waals surface area contributed by atoms with Crippen molar-refractivity contribution in [1.82, 2.24) is 10.6 Å². The van der Waals surface area contributed by atoms with Gasteiger partial charge >= 0.3 is 0 Å². The van der Waals surface area contributed by atoms with E-state index >= 15 is 0 Å². The number of nitrogens with one attached hydrogen (secondary N) is 2. The molecule has 0 radical (unpaired) electrons. The van der Waals surface area contributed by atoms with Crippen molar-refractivity contribution in [3.8, 4) is 0 Å². The second kappa shape index (κ2) is 8.99. The van der Waals surface area contributed by atoms with Gasteiger partial charge in [0.1, 0.15) is 0 Å². The fraction of sp³-hybridized carbons (Fsp3) is 0.455. The van der Waals surface area contributed by atoms with E-state index in [2.05, 4.69) is 23.8 Å². The number of hydrogen-bond donors (Lipinski definition) is 2. The van der Waals surface area contributed by atoms with Gasteiger partial charge in [0.05, 0.1) is 6.67 Å². The van der Waals surface area contributed by atoms with Crippen LogP contribution in [-0.4, -0.2) is 18.5 Å². The number of carbonyl (C=O) groups is 2. The Morgan fingerprint density at radius 3 is 1.67 bits per heavy atom. The molecule has 0 spiro atoms. The lowest BCUT2D eigenvalue weighted by Crippen LogP contribution is -2.36. The smallest absolute Gasteiger partial charge is 0.221 e. The molecule has 0 unspecified atom stereocenters. The first-order chi connectivity index (χ1) is 7.20. The van der Waals surface area contributed by atoms with Crippen LogP contribution in [0.15, 0.2) is 25.3 Å². The molecule has 0 aromatic rings. The second-order valence-electron chi connectivity index (χ2n) is 3.03. The van der Waals surface area contributed by atoms with Gasteiger partial charge in [0.25, 0.3) is 0 Å². The van der Waals surface area contributed by atoms with E-state index in [0.29, 0.717) is 25.7 Å². The van der Waals surface area contributed by atoms with E-state index in [1.54, 1.807) is 12.2 Å². The Kier molecular flexibility index (Phi) is 8.05. The van der Waals surface area contributed by atoms with E-state index < -0.39 is 0 Å². The van der Waals surface area contributed by atoms with E-state index in [4.69, 9.17) is 0 Å². The maximum Gasteiger partial charge on any atom is 0.221 e. The normalized spacial score (nSPS) is 9.07. The molecule has 0 fully saturated rings. The lowest BCUT2D eigenvalue weighted by molar-refractivity contribution is -0.122. The molecule has 0 aliphatic carbocycles. The molecule has 84 valence electrons. The highest BCUT2D eigenvalue weighted by atomic mass is 16.2. The van der Waals surface area contributed by atoms with Gasteiger partial charge in [-0.1, -0.05) is 12.2 Å². The van der Waals surface area contributed by atoms with Gasteiger partial charge in [0.2, 0.25) is 11.8 Å². The molecule has 2 amide bonds. The molecule has 0 aliphatic heterocycles. The van der Waals surface area contributed by atoms with E-state index in [0.717, 1.165) is 0 Å². The fourth-order valence-electron chi connectivity index (χ4n) is 0.884. The molecule has 4 nitrogen and oxygen atoms in total. The number of carbonyl (C=O) groups excluding carboxylic acids is 2. The maximum atomic E-state index is 11.1. The standard InChI is InChI=1S/C11H18N2O2/c1-3-5-7-10(14)12-9-13-11(15)8-6-4-2/h3-4H,1-2,5-9H2,(H,12,14)(H,13,15). The van der Waals surface area contributed by atoms with E-state index in [-0.39, 0.29) is 18.5 Å². The second-order valence-corrected chi connectivity index (χ2v) is 3.03. The Bertz CT molecular complexity index is 213. The summed E-state index contributed by atoms with van der Waals surface area (Å²) in [6, 6.07) is 0.